The molecule has 0 aliphatic carbocycles. The first-order valence-electron chi connectivity index (χ1n) is 5.55. The second-order valence-electron chi connectivity index (χ2n) is 4.24. The van der Waals surface area contributed by atoms with Crippen LogP contribution in [0.4, 0.5) is 0 Å². The Morgan fingerprint density at radius 1 is 1.41 bits per heavy atom. The summed E-state index contributed by atoms with van der Waals surface area (Å²) in [6.45, 7) is 3.94. The molecule has 1 aromatic rings. The van der Waals surface area contributed by atoms with E-state index in [0.29, 0.717) is 6.42 Å². The highest BCUT2D eigenvalue weighted by molar-refractivity contribution is 6.35. The summed E-state index contributed by atoms with van der Waals surface area (Å²) in [6.07, 6.45) is 0.620. The maximum atomic E-state index is 11.6. The first-order chi connectivity index (χ1) is 8.00. The predicted molar refractivity (Wildman–Crippen MR) is 64.8 cm³/mol. The van der Waals surface area contributed by atoms with E-state index in [2.05, 4.69) is 4.74 Å². The highest BCUT2D eigenvalue weighted by Gasteiger charge is 2.75. The number of benzene rings is 1. The van der Waals surface area contributed by atoms with Crippen molar-refractivity contribution in [1.29, 1.82) is 0 Å². The van der Waals surface area contributed by atoms with Gasteiger partial charge in [-0.15, -0.1) is 0 Å². The van der Waals surface area contributed by atoms with Crippen LogP contribution in [0.3, 0.4) is 0 Å². The molecule has 4 heteroatoms. The highest BCUT2D eigenvalue weighted by atomic mass is 35.5. The summed E-state index contributed by atoms with van der Waals surface area (Å²) in [5, 5.41) is -1.37. The molecule has 0 saturated carbocycles. The number of halogens is 1. The number of ether oxygens (including phenoxy) is 2. The molecular weight excluding hydrogens is 240 g/mol. The quantitative estimate of drug-likeness (QED) is 0.473. The zero-order chi connectivity index (χ0) is 12.7. The molecule has 1 aliphatic heterocycles. The van der Waals surface area contributed by atoms with Gasteiger partial charge in [-0.05, 0) is 18.9 Å². The van der Waals surface area contributed by atoms with Crippen molar-refractivity contribution in [3.8, 4) is 0 Å². The molecular formula is C13H15ClO3. The predicted octanol–water partition coefficient (Wildman–Crippen LogP) is 2.74. The number of carbonyl (C=O) groups excluding carboxylic acids is 1. The van der Waals surface area contributed by atoms with Gasteiger partial charge in [0.15, 0.2) is 5.60 Å². The van der Waals surface area contributed by atoms with E-state index in [0.717, 1.165) is 11.1 Å². The van der Waals surface area contributed by atoms with Crippen LogP contribution in [0.25, 0.3) is 0 Å². The molecule has 1 aliphatic rings. The summed E-state index contributed by atoms with van der Waals surface area (Å²) in [5.74, 6) is -0.540. The Labute approximate surface area is 106 Å². The molecule has 92 valence electrons. The summed E-state index contributed by atoms with van der Waals surface area (Å²) < 4.78 is 10.2. The van der Waals surface area contributed by atoms with E-state index in [4.69, 9.17) is 16.3 Å². The van der Waals surface area contributed by atoms with Crippen LogP contribution in [-0.2, 0) is 19.9 Å². The average molecular weight is 255 g/mol. The third-order valence-corrected chi connectivity index (χ3v) is 3.79. The standard InChI is InChI=1S/C13H15ClO3/c1-4-12(10-7-5-9(2)6-8-10)13(14,17-12)11(15)16-3/h5-8H,4H2,1-3H3. The summed E-state index contributed by atoms with van der Waals surface area (Å²) in [4.78, 5) is 11.6. The number of methoxy groups -OCH3 is 1. The van der Waals surface area contributed by atoms with Gasteiger partial charge in [0, 0.05) is 0 Å². The minimum Gasteiger partial charge on any atom is -0.466 e. The fraction of sp³-hybridized carbons (Fsp3) is 0.462. The van der Waals surface area contributed by atoms with Crippen molar-refractivity contribution in [1.82, 2.24) is 0 Å². The van der Waals surface area contributed by atoms with Crippen molar-refractivity contribution < 1.29 is 14.3 Å². The van der Waals surface area contributed by atoms with Crippen LogP contribution < -0.4 is 0 Å². The van der Waals surface area contributed by atoms with Crippen LogP contribution in [0.1, 0.15) is 24.5 Å². The van der Waals surface area contributed by atoms with Crippen molar-refractivity contribution in [2.24, 2.45) is 0 Å². The largest absolute Gasteiger partial charge is 0.466 e. The topological polar surface area (TPSA) is 38.8 Å². The monoisotopic (exact) mass is 254 g/mol. The molecule has 0 radical (unpaired) electrons. The molecule has 1 aromatic carbocycles. The molecule has 2 unspecified atom stereocenters. The molecule has 1 heterocycles. The number of alkyl halides is 1. The molecule has 17 heavy (non-hydrogen) atoms. The van der Waals surface area contributed by atoms with Gasteiger partial charge < -0.3 is 9.47 Å². The second-order valence-corrected chi connectivity index (χ2v) is 4.77. The number of carbonyl (C=O) groups is 1. The van der Waals surface area contributed by atoms with Crippen LogP contribution in [0.15, 0.2) is 24.3 Å². The molecule has 0 amide bonds. The molecule has 0 N–H and O–H groups in total. The number of esters is 1. The van der Waals surface area contributed by atoms with Gasteiger partial charge in [0.2, 0.25) is 0 Å². The van der Waals surface area contributed by atoms with Crippen LogP contribution in [0, 0.1) is 6.92 Å². The summed E-state index contributed by atoms with van der Waals surface area (Å²) in [6, 6.07) is 7.82. The third kappa shape index (κ3) is 1.65. The summed E-state index contributed by atoms with van der Waals surface area (Å²) >= 11 is 6.20. The Morgan fingerprint density at radius 3 is 2.47 bits per heavy atom. The lowest BCUT2D eigenvalue weighted by atomic mass is 9.91. The van der Waals surface area contributed by atoms with Crippen LogP contribution in [0.2, 0.25) is 0 Å². The van der Waals surface area contributed by atoms with E-state index in [1.165, 1.54) is 7.11 Å². The molecule has 0 bridgehead atoms. The number of hydrogen-bond acceptors (Lipinski definition) is 3. The van der Waals surface area contributed by atoms with Gasteiger partial charge in [-0.3, -0.25) is 0 Å². The second kappa shape index (κ2) is 4.00. The number of hydrogen-bond donors (Lipinski definition) is 0. The van der Waals surface area contributed by atoms with Gasteiger partial charge >= 0.3 is 5.97 Å². The van der Waals surface area contributed by atoms with E-state index in [9.17, 15) is 4.79 Å². The number of epoxide rings is 1. The lowest BCUT2D eigenvalue weighted by molar-refractivity contribution is -0.143. The Morgan fingerprint density at radius 2 is 2.00 bits per heavy atom. The van der Waals surface area contributed by atoms with Crippen LogP contribution in [-0.4, -0.2) is 18.1 Å². The normalized spacial score (nSPS) is 31.1. The summed E-state index contributed by atoms with van der Waals surface area (Å²) in [7, 11) is 1.31. The minimum atomic E-state index is -1.37. The van der Waals surface area contributed by atoms with E-state index in [1.54, 1.807) is 0 Å². The van der Waals surface area contributed by atoms with Crippen molar-refractivity contribution >= 4 is 17.6 Å². The minimum absolute atomic E-state index is 0.540. The van der Waals surface area contributed by atoms with Crippen molar-refractivity contribution in [3.63, 3.8) is 0 Å². The van der Waals surface area contributed by atoms with Gasteiger partial charge in [-0.1, -0.05) is 48.4 Å². The van der Waals surface area contributed by atoms with Crippen LogP contribution in [0.5, 0.6) is 0 Å². The van der Waals surface area contributed by atoms with E-state index < -0.39 is 16.6 Å². The molecule has 1 saturated heterocycles. The van der Waals surface area contributed by atoms with Gasteiger partial charge in [0.25, 0.3) is 5.06 Å². The lowest BCUT2D eigenvalue weighted by Gasteiger charge is -2.13. The number of rotatable bonds is 3. The van der Waals surface area contributed by atoms with Crippen molar-refractivity contribution in [2.75, 3.05) is 7.11 Å². The average Bonchev–Trinajstić information content (AvgIpc) is 2.97. The highest BCUT2D eigenvalue weighted by Crippen LogP contribution is 2.61. The maximum Gasteiger partial charge on any atom is 0.357 e. The zero-order valence-corrected chi connectivity index (χ0v) is 10.9. The van der Waals surface area contributed by atoms with Gasteiger partial charge in [0.05, 0.1) is 7.11 Å². The fourth-order valence-electron chi connectivity index (χ4n) is 2.12. The first-order valence-corrected chi connectivity index (χ1v) is 5.92. The van der Waals surface area contributed by atoms with Gasteiger partial charge in [-0.25, -0.2) is 4.79 Å². The van der Waals surface area contributed by atoms with Crippen molar-refractivity contribution in [3.05, 3.63) is 35.4 Å². The maximum absolute atomic E-state index is 11.6. The fourth-order valence-corrected chi connectivity index (χ4v) is 2.57. The van der Waals surface area contributed by atoms with Crippen LogP contribution >= 0.6 is 11.6 Å². The molecule has 0 spiro atoms. The Balaban J connectivity index is 2.36. The lowest BCUT2D eigenvalue weighted by Crippen LogP contribution is -2.28. The first kappa shape index (κ1) is 12.4. The summed E-state index contributed by atoms with van der Waals surface area (Å²) in [5.41, 5.74) is 1.31. The van der Waals surface area contributed by atoms with Gasteiger partial charge in [-0.2, -0.15) is 0 Å². The van der Waals surface area contributed by atoms with Gasteiger partial charge in [0.1, 0.15) is 0 Å². The van der Waals surface area contributed by atoms with E-state index >= 15 is 0 Å². The Hall–Kier alpha value is -1.06. The molecule has 1 fully saturated rings. The van der Waals surface area contributed by atoms with E-state index in [1.807, 2.05) is 38.1 Å². The van der Waals surface area contributed by atoms with E-state index in [-0.39, 0.29) is 0 Å². The molecule has 2 rings (SSSR count). The Kier molecular flexibility index (Phi) is 2.92. The zero-order valence-electron chi connectivity index (χ0n) is 10.1. The third-order valence-electron chi connectivity index (χ3n) is 3.26. The molecule has 3 nitrogen and oxygen atoms in total. The number of aryl methyl sites for hydroxylation is 1. The van der Waals surface area contributed by atoms with Crippen molar-refractivity contribution in [2.45, 2.75) is 30.9 Å². The Bertz CT molecular complexity index is 442. The molecule has 2 atom stereocenters. The molecule has 0 aromatic heterocycles. The SMILES string of the molecule is CCC1(c2ccc(C)cc2)OC1(Cl)C(=O)OC. The smallest absolute Gasteiger partial charge is 0.357 e.